The third-order valence-corrected chi connectivity index (χ3v) is 6.30. The van der Waals surface area contributed by atoms with Crippen molar-refractivity contribution in [3.05, 3.63) is 35.9 Å². The Labute approximate surface area is 186 Å². The average Bonchev–Trinajstić information content (AvgIpc) is 2.74. The number of likely N-dealkylation sites (tertiary alicyclic amines) is 1. The fraction of sp³-hybridized carbons (Fsp3) is 0.667. The van der Waals surface area contributed by atoms with Crippen molar-refractivity contribution in [2.24, 2.45) is 4.99 Å². The summed E-state index contributed by atoms with van der Waals surface area (Å²) >= 11 is 0. The predicted molar refractivity (Wildman–Crippen MR) is 126 cm³/mol. The molecule has 4 saturated heterocycles. The van der Waals surface area contributed by atoms with Gasteiger partial charge in [0.1, 0.15) is 0 Å². The second kappa shape index (κ2) is 10.8. The Balaban J connectivity index is 0.00000225. The minimum Gasteiger partial charge on any atom is -0.355 e. The molecule has 4 aliphatic rings. The van der Waals surface area contributed by atoms with Crippen molar-refractivity contribution in [1.82, 2.24) is 25.3 Å². The van der Waals surface area contributed by atoms with E-state index in [2.05, 4.69) is 60.7 Å². The molecule has 0 aromatic heterocycles. The second-order valence-electron chi connectivity index (χ2n) is 8.12. The van der Waals surface area contributed by atoms with Gasteiger partial charge in [-0.05, 0) is 18.4 Å². The molecule has 0 spiro atoms. The number of piperazine rings is 3. The van der Waals surface area contributed by atoms with E-state index in [4.69, 9.17) is 0 Å². The molecule has 2 bridgehead atoms. The van der Waals surface area contributed by atoms with Crippen LogP contribution < -0.4 is 10.6 Å². The summed E-state index contributed by atoms with van der Waals surface area (Å²) in [5.74, 6) is 0.967. The highest BCUT2D eigenvalue weighted by molar-refractivity contribution is 14.0. The lowest BCUT2D eigenvalue weighted by Gasteiger charge is -2.47. The first-order valence-electron chi connectivity index (χ1n) is 10.5. The maximum Gasteiger partial charge on any atom is 0.191 e. The van der Waals surface area contributed by atoms with Crippen LogP contribution in [0.25, 0.3) is 0 Å². The van der Waals surface area contributed by atoms with Gasteiger partial charge in [0.15, 0.2) is 5.96 Å². The molecule has 28 heavy (non-hydrogen) atoms. The molecule has 0 saturated carbocycles. The fourth-order valence-electron chi connectivity index (χ4n) is 4.60. The quantitative estimate of drug-likeness (QED) is 0.366. The summed E-state index contributed by atoms with van der Waals surface area (Å²) in [5, 5.41) is 7.23. The molecular weight excluding hydrogens is 463 g/mol. The summed E-state index contributed by atoms with van der Waals surface area (Å²) in [4.78, 5) is 12.2. The zero-order chi connectivity index (χ0) is 18.5. The van der Waals surface area contributed by atoms with Gasteiger partial charge < -0.3 is 10.6 Å². The molecule has 6 nitrogen and oxygen atoms in total. The average molecular weight is 498 g/mol. The van der Waals surface area contributed by atoms with Gasteiger partial charge in [-0.1, -0.05) is 30.3 Å². The van der Waals surface area contributed by atoms with Crippen LogP contribution in [0.5, 0.6) is 0 Å². The largest absolute Gasteiger partial charge is 0.355 e. The van der Waals surface area contributed by atoms with Gasteiger partial charge in [-0.25, -0.2) is 0 Å². The van der Waals surface area contributed by atoms with E-state index in [1.54, 1.807) is 0 Å². The summed E-state index contributed by atoms with van der Waals surface area (Å²) in [6.07, 6.45) is 2.35. The zero-order valence-electron chi connectivity index (χ0n) is 17.0. The number of fused-ring (bicyclic) bond motifs is 3. The molecule has 2 N–H and O–H groups in total. The minimum atomic E-state index is 0. The SMILES string of the molecule is CN=C(NCC1CN2CCN1CC2)NC1CCN(Cc2ccccc2)CC1.I. The molecule has 0 radical (unpaired) electrons. The summed E-state index contributed by atoms with van der Waals surface area (Å²) in [5.41, 5.74) is 1.41. The molecule has 0 amide bonds. The Kier molecular flexibility index (Phi) is 8.37. The number of nitrogens with one attached hydrogen (secondary N) is 2. The lowest BCUT2D eigenvalue weighted by molar-refractivity contribution is 0.0154. The van der Waals surface area contributed by atoms with Crippen LogP contribution in [0, 0.1) is 0 Å². The number of benzene rings is 1. The molecule has 4 heterocycles. The third-order valence-electron chi connectivity index (χ3n) is 6.30. The fourth-order valence-corrected chi connectivity index (χ4v) is 4.60. The minimum absolute atomic E-state index is 0. The molecule has 7 heteroatoms. The van der Waals surface area contributed by atoms with E-state index in [1.165, 1.54) is 51.1 Å². The van der Waals surface area contributed by atoms with Gasteiger partial charge in [0.25, 0.3) is 0 Å². The number of nitrogens with zero attached hydrogens (tertiary/aromatic N) is 4. The highest BCUT2D eigenvalue weighted by Crippen LogP contribution is 2.15. The number of hydrogen-bond donors (Lipinski definition) is 2. The van der Waals surface area contributed by atoms with Crippen LogP contribution in [-0.4, -0.2) is 92.1 Å². The zero-order valence-corrected chi connectivity index (χ0v) is 19.3. The van der Waals surface area contributed by atoms with Gasteiger partial charge in [-0.2, -0.15) is 0 Å². The van der Waals surface area contributed by atoms with E-state index in [-0.39, 0.29) is 24.0 Å². The van der Waals surface area contributed by atoms with Gasteiger partial charge in [0.2, 0.25) is 0 Å². The Morgan fingerprint density at radius 1 is 1.04 bits per heavy atom. The van der Waals surface area contributed by atoms with Crippen LogP contribution in [0.2, 0.25) is 0 Å². The van der Waals surface area contributed by atoms with Crippen LogP contribution in [0.3, 0.4) is 0 Å². The summed E-state index contributed by atoms with van der Waals surface area (Å²) in [7, 11) is 1.89. The van der Waals surface area contributed by atoms with E-state index in [0.717, 1.165) is 32.1 Å². The van der Waals surface area contributed by atoms with Gasteiger partial charge in [-0.3, -0.25) is 19.7 Å². The molecule has 1 atom stereocenters. The predicted octanol–water partition coefficient (Wildman–Crippen LogP) is 1.43. The van der Waals surface area contributed by atoms with Crippen LogP contribution in [0.15, 0.2) is 35.3 Å². The Bertz CT molecular complexity index is 609. The summed E-state index contributed by atoms with van der Waals surface area (Å²) < 4.78 is 0. The van der Waals surface area contributed by atoms with Crippen molar-refractivity contribution in [2.75, 3.05) is 59.4 Å². The first-order chi connectivity index (χ1) is 13.3. The van der Waals surface area contributed by atoms with Crippen LogP contribution in [0.4, 0.5) is 0 Å². The topological polar surface area (TPSA) is 46.1 Å². The Hall–Kier alpha value is -0.900. The number of halogens is 1. The van der Waals surface area contributed by atoms with Crippen molar-refractivity contribution < 1.29 is 0 Å². The van der Waals surface area contributed by atoms with E-state index in [1.807, 2.05) is 7.05 Å². The van der Waals surface area contributed by atoms with Gasteiger partial charge in [0, 0.05) is 78.0 Å². The Morgan fingerprint density at radius 3 is 2.36 bits per heavy atom. The number of aliphatic imine (C=N–C) groups is 1. The van der Waals surface area contributed by atoms with Crippen molar-refractivity contribution in [2.45, 2.75) is 31.5 Å². The van der Waals surface area contributed by atoms with Crippen LogP contribution in [0.1, 0.15) is 18.4 Å². The van der Waals surface area contributed by atoms with Gasteiger partial charge in [-0.15, -0.1) is 24.0 Å². The first-order valence-corrected chi connectivity index (χ1v) is 10.5. The van der Waals surface area contributed by atoms with Gasteiger partial charge in [0.05, 0.1) is 0 Å². The van der Waals surface area contributed by atoms with E-state index in [0.29, 0.717) is 12.1 Å². The monoisotopic (exact) mass is 498 g/mol. The number of rotatable bonds is 5. The van der Waals surface area contributed by atoms with Gasteiger partial charge >= 0.3 is 0 Å². The molecular formula is C21H35IN6. The molecule has 156 valence electrons. The maximum atomic E-state index is 4.46. The van der Waals surface area contributed by atoms with E-state index in [9.17, 15) is 0 Å². The van der Waals surface area contributed by atoms with Crippen molar-refractivity contribution in [3.8, 4) is 0 Å². The summed E-state index contributed by atoms with van der Waals surface area (Å²) in [6, 6.07) is 11.9. The third kappa shape index (κ3) is 5.81. The van der Waals surface area contributed by atoms with Crippen molar-refractivity contribution in [3.63, 3.8) is 0 Å². The van der Waals surface area contributed by atoms with Crippen molar-refractivity contribution >= 4 is 29.9 Å². The van der Waals surface area contributed by atoms with E-state index < -0.39 is 0 Å². The van der Waals surface area contributed by atoms with Crippen molar-refractivity contribution in [1.29, 1.82) is 0 Å². The lowest BCUT2D eigenvalue weighted by Crippen LogP contribution is -2.64. The lowest BCUT2D eigenvalue weighted by atomic mass is 10.0. The maximum absolute atomic E-state index is 4.46. The highest BCUT2D eigenvalue weighted by atomic mass is 127. The van der Waals surface area contributed by atoms with Crippen LogP contribution >= 0.6 is 24.0 Å². The molecule has 1 unspecified atom stereocenters. The molecule has 1 aromatic rings. The van der Waals surface area contributed by atoms with E-state index >= 15 is 0 Å². The molecule has 4 fully saturated rings. The highest BCUT2D eigenvalue weighted by Gasteiger charge is 2.31. The molecule has 4 aliphatic heterocycles. The normalized spacial score (nSPS) is 28.6. The Morgan fingerprint density at radius 2 is 1.75 bits per heavy atom. The smallest absolute Gasteiger partial charge is 0.191 e. The van der Waals surface area contributed by atoms with Crippen LogP contribution in [-0.2, 0) is 6.54 Å². The molecule has 1 aromatic carbocycles. The molecule has 5 rings (SSSR count). The standard InChI is InChI=1S/C21H34N6.HI/c1-22-21(23-15-20-17-26-11-13-27(20)14-12-26)24-19-7-9-25(10-8-19)16-18-5-3-2-4-6-18;/h2-6,19-20H,7-17H2,1H3,(H2,22,23,24);1H. The number of guanidine groups is 1. The molecule has 0 aliphatic carbocycles. The number of hydrogen-bond acceptors (Lipinski definition) is 4. The second-order valence-corrected chi connectivity index (χ2v) is 8.12. The summed E-state index contributed by atoms with van der Waals surface area (Å²) in [6.45, 7) is 10.5. The first kappa shape index (κ1) is 21.8. The number of piperidine rings is 1.